The third-order valence-corrected chi connectivity index (χ3v) is 2.70. The second kappa shape index (κ2) is 13.5. The minimum absolute atomic E-state index is 0. The fourth-order valence-electron chi connectivity index (χ4n) is 1.96. The zero-order chi connectivity index (χ0) is 12.0. The number of benzene rings is 1. The molecule has 0 amide bonds. The van der Waals surface area contributed by atoms with Gasteiger partial charge in [-0.05, 0) is 6.42 Å². The molecule has 2 rings (SSSR count). The van der Waals surface area contributed by atoms with Crippen LogP contribution in [0.3, 0.4) is 0 Å². The summed E-state index contributed by atoms with van der Waals surface area (Å²) in [4.78, 5) is 0. The van der Waals surface area contributed by atoms with E-state index < -0.39 is 0 Å². The minimum Gasteiger partial charge on any atom is -1.00 e. The van der Waals surface area contributed by atoms with Gasteiger partial charge in [-0.25, -0.2) is 0 Å². The summed E-state index contributed by atoms with van der Waals surface area (Å²) in [5.41, 5.74) is 2.99. The van der Waals surface area contributed by atoms with E-state index in [4.69, 9.17) is 0 Å². The van der Waals surface area contributed by atoms with Crippen LogP contribution in [0, 0.1) is 6.92 Å². The van der Waals surface area contributed by atoms with Gasteiger partial charge in [0.25, 0.3) is 0 Å². The summed E-state index contributed by atoms with van der Waals surface area (Å²) < 4.78 is 0. The molecule has 0 atom stereocenters. The Balaban J connectivity index is -0.000000393. The maximum atomic E-state index is 2.33. The molecule has 0 aliphatic carbocycles. The summed E-state index contributed by atoms with van der Waals surface area (Å²) in [6.07, 6.45) is 2.44. The van der Waals surface area contributed by atoms with E-state index in [0.29, 0.717) is 0 Å². The zero-order valence-corrected chi connectivity index (χ0v) is 17.0. The molecular formula is C15H21Cl2SiZr. The first-order chi connectivity index (χ1) is 7.74. The van der Waals surface area contributed by atoms with E-state index in [1.165, 1.54) is 34.7 Å². The molecule has 0 saturated carbocycles. The predicted molar refractivity (Wildman–Crippen MR) is 75.8 cm³/mol. The van der Waals surface area contributed by atoms with Crippen molar-refractivity contribution in [1.82, 2.24) is 0 Å². The minimum atomic E-state index is 0. The van der Waals surface area contributed by atoms with Crippen LogP contribution in [-0.4, -0.2) is 9.52 Å². The summed E-state index contributed by atoms with van der Waals surface area (Å²) in [5.74, 6) is 0. The SMILES string of the molecule is CCCc1[cH-]c2ccccc2c1C.C[Si]C.[Cl-].[Cl-].[Zr+3]. The van der Waals surface area contributed by atoms with Crippen molar-refractivity contribution >= 4 is 20.3 Å². The van der Waals surface area contributed by atoms with Gasteiger partial charge in [-0.2, -0.15) is 5.56 Å². The molecule has 19 heavy (non-hydrogen) atoms. The molecule has 0 bridgehead atoms. The van der Waals surface area contributed by atoms with Crippen LogP contribution in [0.15, 0.2) is 30.3 Å². The van der Waals surface area contributed by atoms with E-state index in [9.17, 15) is 0 Å². The van der Waals surface area contributed by atoms with Crippen molar-refractivity contribution < 1.29 is 51.0 Å². The first-order valence-electron chi connectivity index (χ1n) is 5.97. The molecule has 0 heterocycles. The molecule has 2 aromatic rings. The number of rotatable bonds is 2. The van der Waals surface area contributed by atoms with Crippen molar-refractivity contribution in [3.05, 3.63) is 41.5 Å². The Morgan fingerprint density at radius 1 is 1.11 bits per heavy atom. The monoisotopic (exact) mass is 389 g/mol. The number of fused-ring (bicyclic) bond motifs is 1. The van der Waals surface area contributed by atoms with Crippen LogP contribution >= 0.6 is 0 Å². The number of hydrogen-bond donors (Lipinski definition) is 0. The average Bonchev–Trinajstić information content (AvgIpc) is 2.59. The third-order valence-electron chi connectivity index (χ3n) is 2.70. The van der Waals surface area contributed by atoms with E-state index in [-0.39, 0.29) is 51.0 Å². The Bertz CT molecular complexity index is 441. The Morgan fingerprint density at radius 3 is 2.11 bits per heavy atom. The third kappa shape index (κ3) is 7.18. The van der Waals surface area contributed by atoms with Crippen LogP contribution in [-0.2, 0) is 32.6 Å². The molecule has 0 aromatic heterocycles. The van der Waals surface area contributed by atoms with E-state index >= 15 is 0 Å². The average molecular weight is 392 g/mol. The fourth-order valence-corrected chi connectivity index (χ4v) is 1.96. The van der Waals surface area contributed by atoms with Crippen LogP contribution < -0.4 is 24.8 Å². The van der Waals surface area contributed by atoms with Crippen LogP contribution in [0.4, 0.5) is 0 Å². The van der Waals surface area contributed by atoms with Crippen molar-refractivity contribution in [1.29, 1.82) is 0 Å². The van der Waals surface area contributed by atoms with Gasteiger partial charge in [0.2, 0.25) is 0 Å². The maximum absolute atomic E-state index is 2.33. The molecule has 0 nitrogen and oxygen atoms in total. The molecule has 3 radical (unpaired) electrons. The molecular weight excluding hydrogens is 370 g/mol. The van der Waals surface area contributed by atoms with Crippen LogP contribution in [0.1, 0.15) is 24.5 Å². The topological polar surface area (TPSA) is 0 Å². The van der Waals surface area contributed by atoms with Gasteiger partial charge in [0.1, 0.15) is 0 Å². The molecule has 2 aromatic carbocycles. The normalized spacial score (nSPS) is 8.42. The van der Waals surface area contributed by atoms with Gasteiger partial charge in [-0.15, -0.1) is 40.6 Å². The van der Waals surface area contributed by atoms with E-state index in [0.717, 1.165) is 9.52 Å². The first kappa shape index (κ1) is 24.5. The van der Waals surface area contributed by atoms with Crippen molar-refractivity contribution in [2.45, 2.75) is 39.8 Å². The van der Waals surface area contributed by atoms with E-state index in [1.54, 1.807) is 0 Å². The first-order valence-corrected chi connectivity index (χ1v) is 7.97. The summed E-state index contributed by atoms with van der Waals surface area (Å²) in [7, 11) is 1.08. The van der Waals surface area contributed by atoms with Gasteiger partial charge in [0.15, 0.2) is 0 Å². The Morgan fingerprint density at radius 2 is 1.63 bits per heavy atom. The quantitative estimate of drug-likeness (QED) is 0.437. The number of hydrogen-bond acceptors (Lipinski definition) is 0. The van der Waals surface area contributed by atoms with Gasteiger partial charge in [0, 0.05) is 9.52 Å². The van der Waals surface area contributed by atoms with Gasteiger partial charge >= 0.3 is 26.2 Å². The predicted octanol–water partition coefficient (Wildman–Crippen LogP) is -1.39. The second-order valence-electron chi connectivity index (χ2n) is 4.13. The molecule has 0 N–H and O–H groups in total. The summed E-state index contributed by atoms with van der Waals surface area (Å²) in [6, 6.07) is 11.0. The molecule has 0 spiro atoms. The molecule has 0 unspecified atom stereocenters. The van der Waals surface area contributed by atoms with Gasteiger partial charge < -0.3 is 24.8 Å². The Labute approximate surface area is 151 Å². The summed E-state index contributed by atoms with van der Waals surface area (Å²) in [5, 5.41) is 2.81. The van der Waals surface area contributed by atoms with E-state index in [1.807, 2.05) is 0 Å². The summed E-state index contributed by atoms with van der Waals surface area (Å²) in [6.45, 7) is 8.77. The van der Waals surface area contributed by atoms with Crippen LogP contribution in [0.2, 0.25) is 13.1 Å². The molecule has 0 aliphatic rings. The van der Waals surface area contributed by atoms with E-state index in [2.05, 4.69) is 57.3 Å². The van der Waals surface area contributed by atoms with Crippen LogP contribution in [0.25, 0.3) is 10.8 Å². The van der Waals surface area contributed by atoms with Gasteiger partial charge in [-0.1, -0.05) is 39.4 Å². The Hall–Kier alpha value is 0.510. The molecule has 0 aliphatic heterocycles. The molecule has 0 saturated heterocycles. The Kier molecular flexibility index (Phi) is 17.4. The second-order valence-corrected chi connectivity index (χ2v) is 5.13. The fraction of sp³-hybridized carbons (Fsp3) is 0.400. The number of aryl methyl sites for hydroxylation is 2. The zero-order valence-electron chi connectivity index (χ0n) is 12.1. The standard InChI is InChI=1S/C13H15.C2H6Si.2ClH.Zr/c1-3-6-11-9-12-7-4-5-8-13(12)10(11)2;1-3-2;;;/h4-5,7-9H,3,6H2,1-2H3;1-2H3;2*1H;/q-1;;;;+3/p-2. The van der Waals surface area contributed by atoms with Crippen molar-refractivity contribution in [2.24, 2.45) is 0 Å². The smallest absolute Gasteiger partial charge is 1.00 e. The van der Waals surface area contributed by atoms with Crippen molar-refractivity contribution in [3.63, 3.8) is 0 Å². The van der Waals surface area contributed by atoms with Crippen molar-refractivity contribution in [3.8, 4) is 0 Å². The molecule has 103 valence electrons. The number of halogens is 2. The van der Waals surface area contributed by atoms with Crippen LogP contribution in [0.5, 0.6) is 0 Å². The maximum Gasteiger partial charge on any atom is 3.00 e. The summed E-state index contributed by atoms with van der Waals surface area (Å²) >= 11 is 0. The molecule has 0 fully saturated rings. The van der Waals surface area contributed by atoms with Gasteiger partial charge in [-0.3, -0.25) is 0 Å². The van der Waals surface area contributed by atoms with Crippen molar-refractivity contribution in [2.75, 3.05) is 0 Å². The van der Waals surface area contributed by atoms with Gasteiger partial charge in [0.05, 0.1) is 0 Å². The molecule has 4 heteroatoms. The largest absolute Gasteiger partial charge is 3.00 e.